The summed E-state index contributed by atoms with van der Waals surface area (Å²) in [4.78, 5) is 22.0. The monoisotopic (exact) mass is 666 g/mol. The van der Waals surface area contributed by atoms with Crippen molar-refractivity contribution in [1.29, 1.82) is 0 Å². The molecule has 5 aromatic rings. The van der Waals surface area contributed by atoms with E-state index >= 15 is 0 Å². The number of carboxylic acid groups (broad SMARTS) is 1. The van der Waals surface area contributed by atoms with Gasteiger partial charge in [-0.25, -0.2) is 0 Å². The van der Waals surface area contributed by atoms with E-state index in [1.165, 1.54) is 21.0 Å². The van der Waals surface area contributed by atoms with Crippen LogP contribution in [0.4, 0.5) is 4.39 Å². The van der Waals surface area contributed by atoms with Crippen molar-refractivity contribution in [2.24, 2.45) is 0 Å². The van der Waals surface area contributed by atoms with Crippen LogP contribution in [0.1, 0.15) is 32.1 Å². The molecule has 0 radical (unpaired) electrons. The van der Waals surface area contributed by atoms with Crippen molar-refractivity contribution in [3.63, 3.8) is 0 Å². The molecule has 3 aromatic carbocycles. The molecule has 0 saturated heterocycles. The Kier molecular flexibility index (Phi) is 9.39. The second-order valence-corrected chi connectivity index (χ2v) is 14.1. The van der Waals surface area contributed by atoms with Gasteiger partial charge in [-0.3, -0.25) is 0 Å². The van der Waals surface area contributed by atoms with Crippen LogP contribution in [0.5, 0.6) is 5.75 Å². The van der Waals surface area contributed by atoms with Gasteiger partial charge in [-0.15, -0.1) is 0 Å². The van der Waals surface area contributed by atoms with Crippen molar-refractivity contribution >= 4 is 48.3 Å². The van der Waals surface area contributed by atoms with E-state index in [1.807, 2.05) is 31.3 Å². The SMILES string of the molecule is Cc1ccc(-c2nc(C)c(C(Cc3ccc(-c4ccc(F)c(Cl)c4)nc3)[Se]c3ccc(OCC(=O)O)c(C)c3)s2)cc1. The number of thiazole rings is 1. The molecule has 214 valence electrons. The van der Waals surface area contributed by atoms with E-state index in [0.717, 1.165) is 45.1 Å². The van der Waals surface area contributed by atoms with Gasteiger partial charge < -0.3 is 0 Å². The van der Waals surface area contributed by atoms with Gasteiger partial charge in [-0.05, 0) is 0 Å². The standard InChI is InChI=1S/C33H28ClFN2O3SSe/c1-19-4-7-23(8-5-19)33-37-21(3)32(41-33)30(42-25-10-13-29(20(2)14-25)40-18-31(38)39)15-22-6-12-28(36-17-22)24-9-11-27(35)26(34)16-24/h4-14,16-17,30H,15,18H2,1-3H3,(H,38,39). The fourth-order valence-corrected chi connectivity index (χ4v) is 8.92. The first-order chi connectivity index (χ1) is 20.2. The van der Waals surface area contributed by atoms with E-state index in [0.29, 0.717) is 5.75 Å². The fraction of sp³-hybridized carbons (Fsp3) is 0.182. The number of rotatable bonds is 10. The number of carboxylic acids is 1. The van der Waals surface area contributed by atoms with E-state index in [4.69, 9.17) is 26.4 Å². The van der Waals surface area contributed by atoms with Gasteiger partial charge >= 0.3 is 261 Å². The number of halogens is 2. The quantitative estimate of drug-likeness (QED) is 0.158. The van der Waals surface area contributed by atoms with Crippen molar-refractivity contribution in [2.45, 2.75) is 32.0 Å². The van der Waals surface area contributed by atoms with Gasteiger partial charge in [0.15, 0.2) is 0 Å². The van der Waals surface area contributed by atoms with E-state index in [9.17, 15) is 9.18 Å². The zero-order chi connectivity index (χ0) is 29.8. The summed E-state index contributed by atoms with van der Waals surface area (Å²) >= 11 is 7.75. The molecule has 0 aliphatic heterocycles. The Labute approximate surface area is 259 Å². The number of hydrogen-bond donors (Lipinski definition) is 1. The summed E-state index contributed by atoms with van der Waals surface area (Å²) in [6.07, 6.45) is 2.64. The van der Waals surface area contributed by atoms with Gasteiger partial charge in [-0.1, -0.05) is 0 Å². The third-order valence-electron chi connectivity index (χ3n) is 6.66. The zero-order valence-corrected chi connectivity index (χ0v) is 26.5. The molecule has 0 spiro atoms. The summed E-state index contributed by atoms with van der Waals surface area (Å²) < 4.78 is 20.3. The summed E-state index contributed by atoms with van der Waals surface area (Å²) in [5.74, 6) is -0.886. The summed E-state index contributed by atoms with van der Waals surface area (Å²) in [5.41, 5.74) is 6.80. The molecule has 2 aromatic heterocycles. The number of aromatic nitrogens is 2. The van der Waals surface area contributed by atoms with E-state index in [1.54, 1.807) is 23.5 Å². The first-order valence-corrected chi connectivity index (χ1v) is 16.3. The Hall–Kier alpha value is -3.55. The minimum absolute atomic E-state index is 0.0289. The van der Waals surface area contributed by atoms with Crippen LogP contribution in [0.15, 0.2) is 79.0 Å². The molecule has 0 amide bonds. The second kappa shape index (κ2) is 13.2. The van der Waals surface area contributed by atoms with Crippen molar-refractivity contribution in [3.05, 3.63) is 117 Å². The fourth-order valence-electron chi connectivity index (χ4n) is 4.46. The van der Waals surface area contributed by atoms with Crippen LogP contribution in [0, 0.1) is 26.6 Å². The zero-order valence-electron chi connectivity index (χ0n) is 23.2. The molecule has 0 fully saturated rings. The topological polar surface area (TPSA) is 72.3 Å². The minimum atomic E-state index is -1.00. The average Bonchev–Trinajstić information content (AvgIpc) is 3.36. The van der Waals surface area contributed by atoms with Crippen LogP contribution < -0.4 is 9.20 Å². The molecule has 1 atom stereocenters. The van der Waals surface area contributed by atoms with Crippen molar-refractivity contribution in [2.75, 3.05) is 6.61 Å². The first kappa shape index (κ1) is 29.9. The molecule has 0 bridgehead atoms. The Morgan fingerprint density at radius 3 is 2.45 bits per heavy atom. The number of carbonyl (C=O) groups is 1. The third kappa shape index (κ3) is 7.26. The van der Waals surface area contributed by atoms with Crippen LogP contribution in [0.3, 0.4) is 0 Å². The Morgan fingerprint density at radius 1 is 1.02 bits per heavy atom. The number of aliphatic carboxylic acids is 1. The third-order valence-corrected chi connectivity index (χ3v) is 11.2. The van der Waals surface area contributed by atoms with Crippen LogP contribution in [0.2, 0.25) is 5.02 Å². The molecule has 0 saturated carbocycles. The average molecular weight is 666 g/mol. The van der Waals surface area contributed by atoms with Crippen molar-refractivity contribution < 1.29 is 19.0 Å². The predicted molar refractivity (Wildman–Crippen MR) is 168 cm³/mol. The number of pyridine rings is 1. The molecule has 2 heterocycles. The second-order valence-electron chi connectivity index (χ2n) is 9.94. The number of ether oxygens (including phenoxy) is 1. The normalized spacial score (nSPS) is 11.8. The molecule has 5 rings (SSSR count). The molecular weight excluding hydrogens is 638 g/mol. The molecule has 1 N–H and O–H groups in total. The van der Waals surface area contributed by atoms with Gasteiger partial charge in [0.1, 0.15) is 0 Å². The van der Waals surface area contributed by atoms with Gasteiger partial charge in [0.2, 0.25) is 0 Å². The number of benzene rings is 3. The number of hydrogen-bond acceptors (Lipinski definition) is 5. The van der Waals surface area contributed by atoms with Crippen molar-refractivity contribution in [1.82, 2.24) is 9.97 Å². The van der Waals surface area contributed by atoms with Crippen LogP contribution in [-0.2, 0) is 11.2 Å². The van der Waals surface area contributed by atoms with Crippen LogP contribution >= 0.6 is 22.9 Å². The first-order valence-electron chi connectivity index (χ1n) is 13.2. The van der Waals surface area contributed by atoms with Crippen LogP contribution in [0.25, 0.3) is 21.8 Å². The maximum atomic E-state index is 13.7. The predicted octanol–water partition coefficient (Wildman–Crippen LogP) is 7.37. The summed E-state index contributed by atoms with van der Waals surface area (Å²) in [6.45, 7) is 5.71. The molecule has 0 aliphatic carbocycles. The molecule has 9 heteroatoms. The van der Waals surface area contributed by atoms with Gasteiger partial charge in [0.25, 0.3) is 0 Å². The molecule has 1 unspecified atom stereocenters. The summed E-state index contributed by atoms with van der Waals surface area (Å²) in [6, 6.07) is 23.0. The van der Waals surface area contributed by atoms with E-state index in [-0.39, 0.29) is 31.4 Å². The molecule has 42 heavy (non-hydrogen) atoms. The molecular formula is C33H28ClFN2O3SSe. The van der Waals surface area contributed by atoms with E-state index < -0.39 is 11.8 Å². The number of aryl methyl sites for hydroxylation is 3. The van der Waals surface area contributed by atoms with Crippen LogP contribution in [-0.4, -0.2) is 42.6 Å². The summed E-state index contributed by atoms with van der Waals surface area (Å²) in [7, 11) is 0. The Morgan fingerprint density at radius 2 is 1.79 bits per heavy atom. The molecule has 5 nitrogen and oxygen atoms in total. The van der Waals surface area contributed by atoms with Gasteiger partial charge in [-0.2, -0.15) is 0 Å². The van der Waals surface area contributed by atoms with Crippen molar-refractivity contribution in [3.8, 4) is 27.6 Å². The molecule has 0 aliphatic rings. The van der Waals surface area contributed by atoms with E-state index in [2.05, 4.69) is 55.2 Å². The van der Waals surface area contributed by atoms with Gasteiger partial charge in [0, 0.05) is 0 Å². The Bertz CT molecular complexity index is 1730. The Balaban J connectivity index is 1.44. The summed E-state index contributed by atoms with van der Waals surface area (Å²) in [5, 5.41) is 10.1. The maximum absolute atomic E-state index is 13.7. The number of nitrogens with zero attached hydrogens (tertiary/aromatic N) is 2. The van der Waals surface area contributed by atoms with Gasteiger partial charge in [0.05, 0.1) is 0 Å².